The Balaban J connectivity index is 3.03. The first-order valence-corrected chi connectivity index (χ1v) is 4.54. The van der Waals surface area contributed by atoms with Crippen molar-refractivity contribution in [2.45, 2.75) is 13.3 Å². The highest BCUT2D eigenvalue weighted by Gasteiger charge is 2.52. The van der Waals surface area contributed by atoms with Gasteiger partial charge in [-0.1, -0.05) is 6.92 Å². The van der Waals surface area contributed by atoms with Crippen LogP contribution in [0.2, 0.25) is 0 Å². The van der Waals surface area contributed by atoms with Gasteiger partial charge < -0.3 is 15.3 Å². The molecule has 0 aromatic rings. The summed E-state index contributed by atoms with van der Waals surface area (Å²) in [5, 5.41) is 26.5. The highest BCUT2D eigenvalue weighted by Crippen LogP contribution is 2.41. The molecule has 1 aliphatic carbocycles. The van der Waals surface area contributed by atoms with Crippen LogP contribution in [0.1, 0.15) is 13.3 Å². The normalized spacial score (nSPS) is 35.0. The molecule has 1 saturated carbocycles. The van der Waals surface area contributed by atoms with Crippen LogP contribution in [0, 0.1) is 23.7 Å². The molecule has 0 bridgehead atoms. The molecule has 84 valence electrons. The van der Waals surface area contributed by atoms with Gasteiger partial charge in [0.15, 0.2) is 0 Å². The molecule has 0 aromatic heterocycles. The fraction of sp³-hybridized carbons (Fsp3) is 0.667. The second-order valence-electron chi connectivity index (χ2n) is 3.89. The quantitative estimate of drug-likeness (QED) is 0.618. The van der Waals surface area contributed by atoms with Gasteiger partial charge in [0.25, 0.3) is 0 Å². The van der Waals surface area contributed by atoms with E-state index in [0.29, 0.717) is 0 Å². The van der Waals surface area contributed by atoms with Gasteiger partial charge in [0.1, 0.15) is 0 Å². The largest absolute Gasteiger partial charge is 0.481 e. The highest BCUT2D eigenvalue weighted by atomic mass is 16.4. The SMILES string of the molecule is CC1CC(C(=O)O)C(C(=O)O)C1C(=O)O. The Hall–Kier alpha value is -1.59. The molecule has 4 unspecified atom stereocenters. The Morgan fingerprint density at radius 2 is 1.40 bits per heavy atom. The third-order valence-corrected chi connectivity index (χ3v) is 2.95. The summed E-state index contributed by atoms with van der Waals surface area (Å²) in [6.07, 6.45) is 0.100. The smallest absolute Gasteiger partial charge is 0.308 e. The molecule has 0 amide bonds. The minimum atomic E-state index is -1.35. The van der Waals surface area contributed by atoms with Crippen molar-refractivity contribution in [2.75, 3.05) is 0 Å². The molecule has 4 atom stereocenters. The van der Waals surface area contributed by atoms with Crippen LogP contribution in [-0.2, 0) is 14.4 Å². The second-order valence-corrected chi connectivity index (χ2v) is 3.89. The van der Waals surface area contributed by atoms with Crippen LogP contribution >= 0.6 is 0 Å². The number of hydrogen-bond acceptors (Lipinski definition) is 3. The monoisotopic (exact) mass is 216 g/mol. The lowest BCUT2D eigenvalue weighted by Gasteiger charge is -2.16. The molecule has 1 rings (SSSR count). The van der Waals surface area contributed by atoms with Crippen molar-refractivity contribution >= 4 is 17.9 Å². The van der Waals surface area contributed by atoms with Gasteiger partial charge in [0.05, 0.1) is 17.8 Å². The summed E-state index contributed by atoms with van der Waals surface area (Å²) in [6.45, 7) is 1.57. The Kier molecular flexibility index (Phi) is 2.97. The summed E-state index contributed by atoms with van der Waals surface area (Å²) in [5.41, 5.74) is 0. The van der Waals surface area contributed by atoms with Crippen LogP contribution in [0.3, 0.4) is 0 Å². The average Bonchev–Trinajstić information content (AvgIpc) is 2.42. The highest BCUT2D eigenvalue weighted by molar-refractivity contribution is 5.86. The first kappa shape index (κ1) is 11.5. The van der Waals surface area contributed by atoms with Crippen LogP contribution in [0.5, 0.6) is 0 Å². The number of carboxylic acid groups (broad SMARTS) is 3. The maximum Gasteiger partial charge on any atom is 0.308 e. The molecule has 15 heavy (non-hydrogen) atoms. The molecule has 0 saturated heterocycles. The maximum absolute atomic E-state index is 10.9. The molecular weight excluding hydrogens is 204 g/mol. The lowest BCUT2D eigenvalue weighted by Crippen LogP contribution is -2.33. The summed E-state index contributed by atoms with van der Waals surface area (Å²) < 4.78 is 0. The lowest BCUT2D eigenvalue weighted by atomic mass is 9.87. The predicted molar refractivity (Wildman–Crippen MR) is 47.2 cm³/mol. The van der Waals surface area contributed by atoms with Crippen molar-refractivity contribution in [1.29, 1.82) is 0 Å². The molecule has 0 heterocycles. The first-order valence-electron chi connectivity index (χ1n) is 4.54. The van der Waals surface area contributed by atoms with Crippen LogP contribution in [0.4, 0.5) is 0 Å². The maximum atomic E-state index is 10.9. The zero-order chi connectivity index (χ0) is 11.7. The van der Waals surface area contributed by atoms with Crippen LogP contribution in [0.25, 0.3) is 0 Å². The second kappa shape index (κ2) is 3.88. The number of carboxylic acids is 3. The van der Waals surface area contributed by atoms with Gasteiger partial charge in [-0.05, 0) is 12.3 Å². The van der Waals surface area contributed by atoms with E-state index >= 15 is 0 Å². The Bertz CT molecular complexity index is 310. The van der Waals surface area contributed by atoms with E-state index in [0.717, 1.165) is 0 Å². The van der Waals surface area contributed by atoms with Gasteiger partial charge >= 0.3 is 17.9 Å². The Morgan fingerprint density at radius 1 is 0.933 bits per heavy atom. The van der Waals surface area contributed by atoms with E-state index in [1.807, 2.05) is 0 Å². The van der Waals surface area contributed by atoms with E-state index in [-0.39, 0.29) is 6.42 Å². The number of aliphatic carboxylic acids is 3. The molecule has 6 nitrogen and oxygen atoms in total. The van der Waals surface area contributed by atoms with Crippen LogP contribution in [-0.4, -0.2) is 33.2 Å². The van der Waals surface area contributed by atoms with Gasteiger partial charge in [-0.15, -0.1) is 0 Å². The summed E-state index contributed by atoms with van der Waals surface area (Å²) >= 11 is 0. The summed E-state index contributed by atoms with van der Waals surface area (Å²) in [6, 6.07) is 0. The van der Waals surface area contributed by atoms with Crippen molar-refractivity contribution < 1.29 is 29.7 Å². The molecule has 0 aliphatic heterocycles. The third-order valence-electron chi connectivity index (χ3n) is 2.95. The number of rotatable bonds is 3. The zero-order valence-corrected chi connectivity index (χ0v) is 8.08. The minimum Gasteiger partial charge on any atom is -0.481 e. The molecule has 0 aromatic carbocycles. The average molecular weight is 216 g/mol. The van der Waals surface area contributed by atoms with Crippen LogP contribution in [0.15, 0.2) is 0 Å². The molecular formula is C9H12O6. The van der Waals surface area contributed by atoms with Gasteiger partial charge in [-0.2, -0.15) is 0 Å². The van der Waals surface area contributed by atoms with E-state index in [9.17, 15) is 14.4 Å². The predicted octanol–water partition coefficient (Wildman–Crippen LogP) is 0.129. The minimum absolute atomic E-state index is 0.100. The number of carbonyl (C=O) groups is 3. The molecule has 3 N–H and O–H groups in total. The Morgan fingerprint density at radius 3 is 1.73 bits per heavy atom. The van der Waals surface area contributed by atoms with Gasteiger partial charge in [-0.25, -0.2) is 0 Å². The summed E-state index contributed by atoms with van der Waals surface area (Å²) in [4.78, 5) is 32.5. The third kappa shape index (κ3) is 1.93. The first-order chi connectivity index (χ1) is 6.86. The lowest BCUT2D eigenvalue weighted by molar-refractivity contribution is -0.158. The van der Waals surface area contributed by atoms with Gasteiger partial charge in [0.2, 0.25) is 0 Å². The molecule has 1 aliphatic rings. The van der Waals surface area contributed by atoms with E-state index in [4.69, 9.17) is 15.3 Å². The van der Waals surface area contributed by atoms with Crippen molar-refractivity contribution in [2.24, 2.45) is 23.7 Å². The van der Waals surface area contributed by atoms with Crippen LogP contribution < -0.4 is 0 Å². The standard InChI is InChI=1S/C9H12O6/c1-3-2-4(7(10)11)6(9(14)15)5(3)8(12)13/h3-6H,2H2,1H3,(H,10,11)(H,12,13)(H,14,15). The zero-order valence-electron chi connectivity index (χ0n) is 8.08. The van der Waals surface area contributed by atoms with Gasteiger partial charge in [-0.3, -0.25) is 14.4 Å². The molecule has 0 radical (unpaired) electrons. The van der Waals surface area contributed by atoms with E-state index in [2.05, 4.69) is 0 Å². The molecule has 0 spiro atoms. The molecule has 1 fully saturated rings. The van der Waals surface area contributed by atoms with Crippen molar-refractivity contribution in [3.8, 4) is 0 Å². The fourth-order valence-electron chi connectivity index (χ4n) is 2.28. The summed E-state index contributed by atoms with van der Waals surface area (Å²) in [7, 11) is 0. The molecule has 6 heteroatoms. The number of hydrogen-bond donors (Lipinski definition) is 3. The van der Waals surface area contributed by atoms with Crippen molar-refractivity contribution in [3.05, 3.63) is 0 Å². The van der Waals surface area contributed by atoms with E-state index in [1.54, 1.807) is 6.92 Å². The van der Waals surface area contributed by atoms with Crippen molar-refractivity contribution in [3.63, 3.8) is 0 Å². The van der Waals surface area contributed by atoms with Crippen molar-refractivity contribution in [1.82, 2.24) is 0 Å². The topological polar surface area (TPSA) is 112 Å². The van der Waals surface area contributed by atoms with E-state index in [1.165, 1.54) is 0 Å². The van der Waals surface area contributed by atoms with Gasteiger partial charge in [0, 0.05) is 0 Å². The van der Waals surface area contributed by atoms with E-state index < -0.39 is 41.6 Å². The Labute approximate surface area is 85.5 Å². The fourth-order valence-corrected chi connectivity index (χ4v) is 2.28. The summed E-state index contributed by atoms with van der Waals surface area (Å²) in [5.74, 6) is -7.78.